The van der Waals surface area contributed by atoms with Crippen molar-refractivity contribution in [3.63, 3.8) is 0 Å². The topological polar surface area (TPSA) is 23.6 Å². The molecule has 3 fully saturated rings. The molecule has 1 amide bonds. The number of aryl methyl sites for hydroxylation is 1. The van der Waals surface area contributed by atoms with Crippen molar-refractivity contribution < 1.29 is 4.79 Å². The van der Waals surface area contributed by atoms with Gasteiger partial charge >= 0.3 is 0 Å². The molecule has 1 atom stereocenters. The molecule has 2 heterocycles. The molecule has 1 spiro atoms. The number of rotatable bonds is 2. The molecule has 4 rings (SSSR count). The molecule has 3 heteroatoms. The van der Waals surface area contributed by atoms with Crippen LogP contribution in [0, 0.1) is 6.92 Å². The molecule has 2 saturated heterocycles. The fourth-order valence-electron chi connectivity index (χ4n) is 4.38. The van der Waals surface area contributed by atoms with Crippen molar-refractivity contribution >= 4 is 5.91 Å². The molecule has 0 radical (unpaired) electrons. The average molecular weight is 298 g/mol. The van der Waals surface area contributed by atoms with Gasteiger partial charge in [0.2, 0.25) is 5.91 Å². The summed E-state index contributed by atoms with van der Waals surface area (Å²) >= 11 is 0. The van der Waals surface area contributed by atoms with E-state index in [1.807, 2.05) is 0 Å². The van der Waals surface area contributed by atoms with Gasteiger partial charge < -0.3 is 4.90 Å². The predicted octanol–water partition coefficient (Wildman–Crippen LogP) is 2.72. The van der Waals surface area contributed by atoms with E-state index in [9.17, 15) is 4.79 Å². The maximum Gasteiger partial charge on any atom is 0.233 e. The molecule has 0 bridgehead atoms. The van der Waals surface area contributed by atoms with Gasteiger partial charge in [-0.1, -0.05) is 29.8 Å². The van der Waals surface area contributed by atoms with Crippen molar-refractivity contribution in [2.45, 2.75) is 50.0 Å². The highest BCUT2D eigenvalue weighted by atomic mass is 16.2. The third-order valence-electron chi connectivity index (χ3n) is 6.33. The quantitative estimate of drug-likeness (QED) is 0.838. The van der Waals surface area contributed by atoms with E-state index in [0.717, 1.165) is 32.4 Å². The van der Waals surface area contributed by atoms with Crippen LogP contribution in [-0.4, -0.2) is 47.9 Å². The number of likely N-dealkylation sites (N-methyl/N-ethyl adjacent to an activating group) is 1. The Balaban J connectivity index is 1.55. The number of nitrogens with zero attached hydrogens (tertiary/aromatic N) is 2. The minimum atomic E-state index is -0.200. The van der Waals surface area contributed by atoms with Crippen LogP contribution in [0.4, 0.5) is 0 Å². The predicted molar refractivity (Wildman–Crippen MR) is 87.9 cm³/mol. The summed E-state index contributed by atoms with van der Waals surface area (Å²) in [5, 5.41) is 0. The molecule has 3 aliphatic rings. The Morgan fingerprint density at radius 3 is 2.32 bits per heavy atom. The van der Waals surface area contributed by atoms with Crippen molar-refractivity contribution in [1.82, 2.24) is 9.80 Å². The fourth-order valence-corrected chi connectivity index (χ4v) is 4.38. The lowest BCUT2D eigenvalue weighted by Gasteiger charge is -2.56. The summed E-state index contributed by atoms with van der Waals surface area (Å²) in [6.07, 6.45) is 5.71. The summed E-state index contributed by atoms with van der Waals surface area (Å²) in [6, 6.07) is 8.60. The molecule has 2 aliphatic heterocycles. The van der Waals surface area contributed by atoms with Gasteiger partial charge in [-0.25, -0.2) is 0 Å². The first-order chi connectivity index (χ1) is 10.6. The first kappa shape index (κ1) is 14.3. The molecule has 1 aromatic carbocycles. The lowest BCUT2D eigenvalue weighted by Crippen LogP contribution is -2.66. The Morgan fingerprint density at radius 1 is 1.05 bits per heavy atom. The summed E-state index contributed by atoms with van der Waals surface area (Å²) in [6.45, 7) is 5.18. The van der Waals surface area contributed by atoms with Gasteiger partial charge in [0.05, 0.1) is 5.41 Å². The Labute approximate surface area is 133 Å². The van der Waals surface area contributed by atoms with Crippen LogP contribution in [0.1, 0.15) is 43.2 Å². The Kier molecular flexibility index (Phi) is 3.12. The molecule has 0 unspecified atom stereocenters. The maximum atomic E-state index is 13.2. The van der Waals surface area contributed by atoms with Crippen LogP contribution in [0.3, 0.4) is 0 Å². The minimum Gasteiger partial charge on any atom is -0.340 e. The van der Waals surface area contributed by atoms with Crippen molar-refractivity contribution in [1.29, 1.82) is 0 Å². The number of amides is 1. The normalized spacial score (nSPS) is 30.2. The molecule has 1 aromatic rings. The summed E-state index contributed by atoms with van der Waals surface area (Å²) in [5.41, 5.74) is 2.58. The van der Waals surface area contributed by atoms with Crippen molar-refractivity contribution in [3.8, 4) is 0 Å². The SMILES string of the molecule is Cc1ccc(C2(C(=O)N3CCC[C@@]4(CCN4C)C3)CC2)cc1. The van der Waals surface area contributed by atoms with Gasteiger partial charge in [0, 0.05) is 25.2 Å². The molecule has 0 N–H and O–H groups in total. The zero-order valence-electron chi connectivity index (χ0n) is 13.8. The number of carbonyl (C=O) groups excluding carboxylic acids is 1. The van der Waals surface area contributed by atoms with Crippen molar-refractivity contribution in [2.24, 2.45) is 0 Å². The van der Waals surface area contributed by atoms with E-state index < -0.39 is 0 Å². The van der Waals surface area contributed by atoms with Crippen molar-refractivity contribution in [3.05, 3.63) is 35.4 Å². The highest BCUT2D eigenvalue weighted by Gasteiger charge is 2.55. The largest absolute Gasteiger partial charge is 0.340 e. The smallest absolute Gasteiger partial charge is 0.233 e. The zero-order chi connectivity index (χ0) is 15.4. The summed E-state index contributed by atoms with van der Waals surface area (Å²) in [7, 11) is 2.21. The van der Waals surface area contributed by atoms with E-state index in [-0.39, 0.29) is 11.0 Å². The minimum absolute atomic E-state index is 0.200. The van der Waals surface area contributed by atoms with Crippen LogP contribution < -0.4 is 0 Å². The summed E-state index contributed by atoms with van der Waals surface area (Å²) < 4.78 is 0. The molecule has 1 saturated carbocycles. The molecule has 3 nitrogen and oxygen atoms in total. The first-order valence-corrected chi connectivity index (χ1v) is 8.64. The Bertz CT molecular complexity index is 590. The van der Waals surface area contributed by atoms with Gasteiger partial charge in [-0.3, -0.25) is 9.69 Å². The van der Waals surface area contributed by atoms with Gasteiger partial charge in [0.15, 0.2) is 0 Å². The van der Waals surface area contributed by atoms with Crippen LogP contribution in [-0.2, 0) is 10.2 Å². The molecule has 22 heavy (non-hydrogen) atoms. The first-order valence-electron chi connectivity index (χ1n) is 8.64. The van der Waals surface area contributed by atoms with Gasteiger partial charge in [-0.05, 0) is 51.6 Å². The Morgan fingerprint density at radius 2 is 1.77 bits per heavy atom. The van der Waals surface area contributed by atoms with Crippen LogP contribution in [0.25, 0.3) is 0 Å². The summed E-state index contributed by atoms with van der Waals surface area (Å²) in [5.74, 6) is 0.385. The average Bonchev–Trinajstić information content (AvgIpc) is 3.35. The standard InChI is InChI=1S/C19H26N2O/c1-15-4-6-16(7-5-15)19(9-10-19)17(22)21-12-3-8-18(14-21)11-13-20(18)2/h4-7H,3,8-14H2,1-2H3/t18-/m1/s1. The number of piperidine rings is 1. The lowest BCUT2D eigenvalue weighted by atomic mass is 9.77. The van der Waals surface area contributed by atoms with Crippen LogP contribution in [0.2, 0.25) is 0 Å². The second-order valence-corrected chi connectivity index (χ2v) is 7.67. The zero-order valence-corrected chi connectivity index (χ0v) is 13.8. The van der Waals surface area contributed by atoms with Crippen molar-refractivity contribution in [2.75, 3.05) is 26.7 Å². The number of hydrogen-bond acceptors (Lipinski definition) is 2. The number of carbonyl (C=O) groups is 1. The third kappa shape index (κ3) is 2.02. The van der Waals surface area contributed by atoms with Gasteiger partial charge in [0.25, 0.3) is 0 Å². The monoisotopic (exact) mass is 298 g/mol. The van der Waals surface area contributed by atoms with E-state index in [1.54, 1.807) is 0 Å². The van der Waals surface area contributed by atoms with Gasteiger partial charge in [-0.15, -0.1) is 0 Å². The molecule has 0 aromatic heterocycles. The maximum absolute atomic E-state index is 13.2. The molecular weight excluding hydrogens is 272 g/mol. The summed E-state index contributed by atoms with van der Waals surface area (Å²) in [4.78, 5) is 17.8. The number of benzene rings is 1. The van der Waals surface area contributed by atoms with Crippen LogP contribution >= 0.6 is 0 Å². The van der Waals surface area contributed by atoms with Gasteiger partial charge in [-0.2, -0.15) is 0 Å². The second-order valence-electron chi connectivity index (χ2n) is 7.67. The van der Waals surface area contributed by atoms with E-state index >= 15 is 0 Å². The highest BCUT2D eigenvalue weighted by Crippen LogP contribution is 2.50. The van der Waals surface area contributed by atoms with E-state index in [2.05, 4.69) is 48.0 Å². The van der Waals surface area contributed by atoms with Crippen LogP contribution in [0.5, 0.6) is 0 Å². The third-order valence-corrected chi connectivity index (χ3v) is 6.33. The lowest BCUT2D eigenvalue weighted by molar-refractivity contribution is -0.141. The van der Waals surface area contributed by atoms with E-state index in [4.69, 9.17) is 0 Å². The number of likely N-dealkylation sites (tertiary alicyclic amines) is 2. The van der Waals surface area contributed by atoms with Gasteiger partial charge in [0.1, 0.15) is 0 Å². The molecule has 1 aliphatic carbocycles. The van der Waals surface area contributed by atoms with Crippen LogP contribution in [0.15, 0.2) is 24.3 Å². The number of hydrogen-bond donors (Lipinski definition) is 0. The Hall–Kier alpha value is -1.35. The fraction of sp³-hybridized carbons (Fsp3) is 0.632. The second kappa shape index (κ2) is 4.82. The highest BCUT2D eigenvalue weighted by molar-refractivity contribution is 5.91. The molecule has 118 valence electrons. The molecular formula is C19H26N2O. The van der Waals surface area contributed by atoms with E-state index in [1.165, 1.54) is 30.5 Å². The van der Waals surface area contributed by atoms with E-state index in [0.29, 0.717) is 5.91 Å².